The molecule has 92 valence electrons. The molecule has 0 unspecified atom stereocenters. The van der Waals surface area contributed by atoms with E-state index in [4.69, 9.17) is 5.73 Å². The van der Waals surface area contributed by atoms with Gasteiger partial charge in [0, 0.05) is 19.0 Å². The Labute approximate surface area is 97.6 Å². The Morgan fingerprint density at radius 3 is 2.50 bits per heavy atom. The van der Waals surface area contributed by atoms with Crippen molar-refractivity contribution >= 4 is 5.91 Å². The van der Waals surface area contributed by atoms with Gasteiger partial charge >= 0.3 is 0 Å². The molecule has 1 heterocycles. The van der Waals surface area contributed by atoms with Gasteiger partial charge in [0.25, 0.3) is 0 Å². The summed E-state index contributed by atoms with van der Waals surface area (Å²) < 4.78 is 0. The van der Waals surface area contributed by atoms with Gasteiger partial charge in [-0.2, -0.15) is 0 Å². The zero-order valence-corrected chi connectivity index (χ0v) is 9.95. The van der Waals surface area contributed by atoms with Crippen LogP contribution in [0.3, 0.4) is 0 Å². The number of amides is 1. The minimum Gasteiger partial charge on any atom is -0.353 e. The number of piperidine rings is 1. The average Bonchev–Trinajstić information content (AvgIpc) is 3.11. The van der Waals surface area contributed by atoms with Crippen LogP contribution in [0.4, 0.5) is 0 Å². The smallest absolute Gasteiger partial charge is 0.221 e. The van der Waals surface area contributed by atoms with E-state index < -0.39 is 0 Å². The van der Waals surface area contributed by atoms with Gasteiger partial charge in [-0.25, -0.2) is 0 Å². The number of hydrogen-bond acceptors (Lipinski definition) is 3. The molecule has 2 rings (SSSR count). The number of hydrogen-bond donors (Lipinski definition) is 2. The van der Waals surface area contributed by atoms with Crippen LogP contribution in [0.25, 0.3) is 0 Å². The molecule has 4 heteroatoms. The van der Waals surface area contributed by atoms with Crippen molar-refractivity contribution in [2.24, 2.45) is 11.7 Å². The topological polar surface area (TPSA) is 58.4 Å². The van der Waals surface area contributed by atoms with Crippen molar-refractivity contribution in [3.8, 4) is 0 Å². The van der Waals surface area contributed by atoms with Gasteiger partial charge in [-0.05, 0) is 51.2 Å². The van der Waals surface area contributed by atoms with Gasteiger partial charge in [0.05, 0.1) is 0 Å². The van der Waals surface area contributed by atoms with Gasteiger partial charge in [-0.1, -0.05) is 0 Å². The third-order valence-corrected chi connectivity index (χ3v) is 3.64. The van der Waals surface area contributed by atoms with Crippen LogP contribution in [-0.2, 0) is 4.79 Å². The highest BCUT2D eigenvalue weighted by Crippen LogP contribution is 2.19. The Kier molecular flexibility index (Phi) is 4.18. The maximum Gasteiger partial charge on any atom is 0.221 e. The van der Waals surface area contributed by atoms with Crippen LogP contribution in [0.1, 0.15) is 32.1 Å². The van der Waals surface area contributed by atoms with E-state index in [1.807, 2.05) is 0 Å². The Balaban J connectivity index is 1.57. The number of likely N-dealkylation sites (tertiary alicyclic amines) is 1. The van der Waals surface area contributed by atoms with E-state index in [1.54, 1.807) is 0 Å². The van der Waals surface area contributed by atoms with Crippen LogP contribution in [0.5, 0.6) is 0 Å². The number of rotatable bonds is 5. The Morgan fingerprint density at radius 2 is 1.94 bits per heavy atom. The highest BCUT2D eigenvalue weighted by atomic mass is 16.1. The SMILES string of the molecule is NCC1CCN(CCC(=O)NC2CC2)CC1. The summed E-state index contributed by atoms with van der Waals surface area (Å²) in [5.41, 5.74) is 5.65. The predicted octanol–water partition coefficient (Wildman–Crippen LogP) is 0.326. The summed E-state index contributed by atoms with van der Waals surface area (Å²) in [6, 6.07) is 0.496. The molecule has 4 nitrogen and oxygen atoms in total. The molecule has 3 N–H and O–H groups in total. The van der Waals surface area contributed by atoms with Crippen molar-refractivity contribution in [2.45, 2.75) is 38.1 Å². The molecule has 2 aliphatic rings. The quantitative estimate of drug-likeness (QED) is 0.709. The fraction of sp³-hybridized carbons (Fsp3) is 0.917. The molecular formula is C12H23N3O. The van der Waals surface area contributed by atoms with Crippen molar-refractivity contribution in [1.82, 2.24) is 10.2 Å². The molecule has 0 spiro atoms. The van der Waals surface area contributed by atoms with E-state index in [0.717, 1.165) is 26.2 Å². The fourth-order valence-corrected chi connectivity index (χ4v) is 2.23. The van der Waals surface area contributed by atoms with E-state index in [2.05, 4.69) is 10.2 Å². The Bertz CT molecular complexity index is 232. The summed E-state index contributed by atoms with van der Waals surface area (Å²) >= 11 is 0. The number of nitrogens with one attached hydrogen (secondary N) is 1. The van der Waals surface area contributed by atoms with E-state index in [0.29, 0.717) is 18.4 Å². The van der Waals surface area contributed by atoms with Gasteiger partial charge in [0.15, 0.2) is 0 Å². The highest BCUT2D eigenvalue weighted by molar-refractivity contribution is 5.76. The molecule has 1 saturated heterocycles. The summed E-state index contributed by atoms with van der Waals surface area (Å²) in [6.45, 7) is 3.95. The molecule has 16 heavy (non-hydrogen) atoms. The molecule has 0 aromatic rings. The molecule has 0 atom stereocenters. The van der Waals surface area contributed by atoms with Crippen molar-refractivity contribution in [2.75, 3.05) is 26.2 Å². The first kappa shape index (κ1) is 11.9. The lowest BCUT2D eigenvalue weighted by Crippen LogP contribution is -2.38. The van der Waals surface area contributed by atoms with Crippen LogP contribution >= 0.6 is 0 Å². The summed E-state index contributed by atoms with van der Waals surface area (Å²) in [7, 11) is 0. The number of nitrogens with two attached hydrogens (primary N) is 1. The zero-order valence-electron chi connectivity index (χ0n) is 9.95. The maximum atomic E-state index is 11.5. The molecule has 1 saturated carbocycles. The number of nitrogens with zero attached hydrogens (tertiary/aromatic N) is 1. The second-order valence-corrected chi connectivity index (χ2v) is 5.11. The fourth-order valence-electron chi connectivity index (χ4n) is 2.23. The van der Waals surface area contributed by atoms with Crippen LogP contribution < -0.4 is 11.1 Å². The third-order valence-electron chi connectivity index (χ3n) is 3.64. The van der Waals surface area contributed by atoms with Gasteiger partial charge in [-0.15, -0.1) is 0 Å². The lowest BCUT2D eigenvalue weighted by molar-refractivity contribution is -0.121. The monoisotopic (exact) mass is 225 g/mol. The lowest BCUT2D eigenvalue weighted by atomic mass is 9.97. The van der Waals surface area contributed by atoms with E-state index in [1.165, 1.54) is 25.7 Å². The molecule has 0 radical (unpaired) electrons. The third kappa shape index (κ3) is 3.76. The number of carbonyl (C=O) groups is 1. The lowest BCUT2D eigenvalue weighted by Gasteiger charge is -2.31. The van der Waals surface area contributed by atoms with E-state index in [9.17, 15) is 4.79 Å². The molecule has 0 aromatic carbocycles. The molecule has 1 amide bonds. The Hall–Kier alpha value is -0.610. The summed E-state index contributed by atoms with van der Waals surface area (Å²) in [4.78, 5) is 13.9. The highest BCUT2D eigenvalue weighted by Gasteiger charge is 2.23. The minimum atomic E-state index is 0.225. The zero-order chi connectivity index (χ0) is 11.4. The molecular weight excluding hydrogens is 202 g/mol. The van der Waals surface area contributed by atoms with E-state index >= 15 is 0 Å². The van der Waals surface area contributed by atoms with Crippen LogP contribution in [0.15, 0.2) is 0 Å². The van der Waals surface area contributed by atoms with Gasteiger partial charge in [-0.3, -0.25) is 4.79 Å². The van der Waals surface area contributed by atoms with Crippen molar-refractivity contribution in [3.05, 3.63) is 0 Å². The molecule has 0 aromatic heterocycles. The first-order chi connectivity index (χ1) is 7.78. The molecule has 1 aliphatic carbocycles. The second-order valence-electron chi connectivity index (χ2n) is 5.11. The summed E-state index contributed by atoms with van der Waals surface area (Å²) in [5, 5.41) is 3.03. The second kappa shape index (κ2) is 5.64. The van der Waals surface area contributed by atoms with Crippen LogP contribution in [0, 0.1) is 5.92 Å². The van der Waals surface area contributed by atoms with Crippen LogP contribution in [-0.4, -0.2) is 43.0 Å². The van der Waals surface area contributed by atoms with Crippen molar-refractivity contribution in [3.63, 3.8) is 0 Å². The summed E-state index contributed by atoms with van der Waals surface area (Å²) in [5.74, 6) is 0.931. The molecule has 2 fully saturated rings. The van der Waals surface area contributed by atoms with E-state index in [-0.39, 0.29) is 5.91 Å². The standard InChI is InChI=1S/C12H23N3O/c13-9-10-3-6-15(7-4-10)8-5-12(16)14-11-1-2-11/h10-11H,1-9,13H2,(H,14,16). The Morgan fingerprint density at radius 1 is 1.25 bits per heavy atom. The normalized spacial score (nSPS) is 23.3. The maximum absolute atomic E-state index is 11.5. The largest absolute Gasteiger partial charge is 0.353 e. The average molecular weight is 225 g/mol. The van der Waals surface area contributed by atoms with Crippen LogP contribution in [0.2, 0.25) is 0 Å². The first-order valence-electron chi connectivity index (χ1n) is 6.49. The molecule has 0 bridgehead atoms. The van der Waals surface area contributed by atoms with Gasteiger partial charge < -0.3 is 16.0 Å². The summed E-state index contributed by atoms with van der Waals surface area (Å²) in [6.07, 6.45) is 5.40. The van der Waals surface area contributed by atoms with Gasteiger partial charge in [0.1, 0.15) is 0 Å². The van der Waals surface area contributed by atoms with Crippen molar-refractivity contribution in [1.29, 1.82) is 0 Å². The van der Waals surface area contributed by atoms with Crippen molar-refractivity contribution < 1.29 is 4.79 Å². The number of carbonyl (C=O) groups excluding carboxylic acids is 1. The molecule has 1 aliphatic heterocycles. The first-order valence-corrected chi connectivity index (χ1v) is 6.49. The van der Waals surface area contributed by atoms with Gasteiger partial charge in [0.2, 0.25) is 5.91 Å². The minimum absolute atomic E-state index is 0.225. The predicted molar refractivity (Wildman–Crippen MR) is 64.0 cm³/mol.